The Morgan fingerprint density at radius 1 is 1.50 bits per heavy atom. The molecular formula is C17H21N3O3S. The average Bonchev–Trinajstić information content (AvgIpc) is 2.95. The van der Waals surface area contributed by atoms with Gasteiger partial charge in [0.2, 0.25) is 5.91 Å². The molecule has 1 aliphatic rings. The van der Waals surface area contributed by atoms with Crippen LogP contribution in [0.4, 0.5) is 0 Å². The van der Waals surface area contributed by atoms with Crippen LogP contribution in [0.3, 0.4) is 0 Å². The van der Waals surface area contributed by atoms with Crippen LogP contribution in [-0.2, 0) is 11.2 Å². The summed E-state index contributed by atoms with van der Waals surface area (Å²) in [5.74, 6) is 0.784. The van der Waals surface area contributed by atoms with Gasteiger partial charge in [-0.2, -0.15) is 0 Å². The van der Waals surface area contributed by atoms with E-state index in [1.165, 1.54) is 11.3 Å². The maximum atomic E-state index is 12.4. The number of nitrogens with zero attached hydrogens (tertiary/aromatic N) is 2. The Hall–Kier alpha value is -1.99. The van der Waals surface area contributed by atoms with Gasteiger partial charge in [-0.15, -0.1) is 11.3 Å². The van der Waals surface area contributed by atoms with Crippen molar-refractivity contribution in [2.75, 3.05) is 7.11 Å². The highest BCUT2D eigenvalue weighted by Crippen LogP contribution is 2.38. The van der Waals surface area contributed by atoms with E-state index in [0.717, 1.165) is 16.3 Å². The van der Waals surface area contributed by atoms with E-state index in [4.69, 9.17) is 4.74 Å². The second kappa shape index (κ2) is 7.27. The molecule has 2 aromatic heterocycles. The van der Waals surface area contributed by atoms with Crippen LogP contribution in [0.25, 0.3) is 0 Å². The van der Waals surface area contributed by atoms with E-state index in [9.17, 15) is 9.90 Å². The van der Waals surface area contributed by atoms with Gasteiger partial charge in [-0.05, 0) is 37.3 Å². The summed E-state index contributed by atoms with van der Waals surface area (Å²) in [5, 5.41) is 15.6. The number of rotatable bonds is 6. The summed E-state index contributed by atoms with van der Waals surface area (Å²) >= 11 is 1.54. The molecule has 1 atom stereocenters. The lowest BCUT2D eigenvalue weighted by Gasteiger charge is -2.38. The van der Waals surface area contributed by atoms with E-state index in [0.29, 0.717) is 18.6 Å². The molecular weight excluding hydrogens is 326 g/mol. The van der Waals surface area contributed by atoms with E-state index in [2.05, 4.69) is 15.3 Å². The monoisotopic (exact) mass is 347 g/mol. The number of ether oxygens (including phenoxy) is 1. The van der Waals surface area contributed by atoms with Crippen molar-refractivity contribution in [2.45, 2.75) is 38.3 Å². The Morgan fingerprint density at radius 2 is 2.29 bits per heavy atom. The third kappa shape index (κ3) is 3.91. The molecule has 6 nitrogen and oxygen atoms in total. The average molecular weight is 347 g/mol. The van der Waals surface area contributed by atoms with E-state index in [-0.39, 0.29) is 30.4 Å². The fourth-order valence-electron chi connectivity index (χ4n) is 2.97. The largest absolute Gasteiger partial charge is 0.495 e. The summed E-state index contributed by atoms with van der Waals surface area (Å²) in [6.45, 7) is 1.92. The summed E-state index contributed by atoms with van der Waals surface area (Å²) in [4.78, 5) is 20.9. The zero-order valence-electron chi connectivity index (χ0n) is 13.7. The minimum atomic E-state index is -0.283. The summed E-state index contributed by atoms with van der Waals surface area (Å²) in [6.07, 6.45) is 4.71. The number of methoxy groups -OCH3 is 1. The molecule has 2 N–H and O–H groups in total. The first-order valence-electron chi connectivity index (χ1n) is 7.92. The number of hydrogen-bond acceptors (Lipinski definition) is 6. The van der Waals surface area contributed by atoms with Gasteiger partial charge in [0.25, 0.3) is 0 Å². The summed E-state index contributed by atoms with van der Waals surface area (Å²) in [7, 11) is 1.59. The van der Waals surface area contributed by atoms with Crippen LogP contribution in [0.15, 0.2) is 23.8 Å². The van der Waals surface area contributed by atoms with Gasteiger partial charge in [-0.3, -0.25) is 9.78 Å². The van der Waals surface area contributed by atoms with E-state index in [1.807, 2.05) is 18.4 Å². The van der Waals surface area contributed by atoms with E-state index in [1.54, 1.807) is 19.5 Å². The van der Waals surface area contributed by atoms with Crippen molar-refractivity contribution in [3.05, 3.63) is 40.1 Å². The van der Waals surface area contributed by atoms with E-state index < -0.39 is 0 Å². The molecule has 1 saturated carbocycles. The molecule has 0 spiro atoms. The number of hydrogen-bond donors (Lipinski definition) is 2. The Morgan fingerprint density at radius 3 is 2.92 bits per heavy atom. The highest BCUT2D eigenvalue weighted by atomic mass is 32.1. The summed E-state index contributed by atoms with van der Waals surface area (Å²) in [5.41, 5.74) is 1.68. The first-order chi connectivity index (χ1) is 11.5. The maximum absolute atomic E-state index is 12.4. The van der Waals surface area contributed by atoms with Crippen LogP contribution >= 0.6 is 11.3 Å². The number of aliphatic hydroxyl groups excluding tert-OH is 1. The Balaban J connectivity index is 1.73. The highest BCUT2D eigenvalue weighted by molar-refractivity contribution is 7.09. The molecule has 3 rings (SSSR count). The zero-order valence-corrected chi connectivity index (χ0v) is 14.5. The molecule has 24 heavy (non-hydrogen) atoms. The number of pyridine rings is 1. The second-order valence-electron chi connectivity index (χ2n) is 6.12. The topological polar surface area (TPSA) is 84.3 Å². The second-order valence-corrected chi connectivity index (χ2v) is 7.19. The summed E-state index contributed by atoms with van der Waals surface area (Å²) in [6, 6.07) is 1.71. The minimum Gasteiger partial charge on any atom is -0.495 e. The fraction of sp³-hybridized carbons (Fsp3) is 0.471. The summed E-state index contributed by atoms with van der Waals surface area (Å²) < 4.78 is 5.23. The van der Waals surface area contributed by atoms with Gasteiger partial charge in [0.15, 0.2) is 0 Å². The molecule has 1 amide bonds. The van der Waals surface area contributed by atoms with E-state index >= 15 is 0 Å². The number of aliphatic hydroxyl groups is 1. The molecule has 7 heteroatoms. The first-order valence-corrected chi connectivity index (χ1v) is 8.80. The lowest BCUT2D eigenvalue weighted by atomic mass is 9.75. The van der Waals surface area contributed by atoms with Crippen LogP contribution in [0.5, 0.6) is 5.75 Å². The van der Waals surface area contributed by atoms with Crippen molar-refractivity contribution in [1.29, 1.82) is 0 Å². The van der Waals surface area contributed by atoms with Crippen molar-refractivity contribution in [2.24, 2.45) is 5.92 Å². The van der Waals surface area contributed by atoms with Gasteiger partial charge in [-0.25, -0.2) is 4.98 Å². The van der Waals surface area contributed by atoms with Gasteiger partial charge in [0, 0.05) is 11.6 Å². The van der Waals surface area contributed by atoms with Crippen molar-refractivity contribution in [3.8, 4) is 5.75 Å². The van der Waals surface area contributed by atoms with Gasteiger partial charge in [-0.1, -0.05) is 0 Å². The number of aryl methyl sites for hydroxylation is 1. The van der Waals surface area contributed by atoms with Crippen molar-refractivity contribution in [3.63, 3.8) is 0 Å². The Bertz CT molecular complexity index is 713. The number of amides is 1. The van der Waals surface area contributed by atoms with Crippen molar-refractivity contribution in [1.82, 2.24) is 15.3 Å². The molecule has 1 aliphatic carbocycles. The molecule has 2 aromatic rings. The maximum Gasteiger partial charge on any atom is 0.226 e. The van der Waals surface area contributed by atoms with Crippen molar-refractivity contribution < 1.29 is 14.6 Å². The highest BCUT2D eigenvalue weighted by Gasteiger charge is 2.36. The third-order valence-corrected chi connectivity index (χ3v) is 5.10. The smallest absolute Gasteiger partial charge is 0.226 e. The number of aromatic nitrogens is 2. The number of carbonyl (C=O) groups is 1. The quantitative estimate of drug-likeness (QED) is 0.835. The molecule has 0 saturated heterocycles. The van der Waals surface area contributed by atoms with Gasteiger partial charge in [0.1, 0.15) is 5.75 Å². The number of carbonyl (C=O) groups excluding carboxylic acids is 1. The lowest BCUT2D eigenvalue weighted by molar-refractivity contribution is -0.122. The molecule has 0 aromatic carbocycles. The Kier molecular flexibility index (Phi) is 5.11. The predicted molar refractivity (Wildman–Crippen MR) is 91.0 cm³/mol. The van der Waals surface area contributed by atoms with Crippen LogP contribution in [0.2, 0.25) is 0 Å². The standard InChI is InChI=1S/C17H21N3O3S/c1-10-19-13(9-24-10)6-16(22)20-17(11-3-14(21)4-11)12-5-15(23-2)8-18-7-12/h5,7-9,11,14,17,21H,3-4,6H2,1-2H3,(H,20,22). The van der Waals surface area contributed by atoms with Crippen molar-refractivity contribution >= 4 is 17.2 Å². The van der Waals surface area contributed by atoms with Crippen LogP contribution < -0.4 is 10.1 Å². The normalized spacial score (nSPS) is 21.0. The van der Waals surface area contributed by atoms with Crippen LogP contribution in [0.1, 0.15) is 35.1 Å². The van der Waals surface area contributed by atoms with Crippen LogP contribution in [-0.4, -0.2) is 34.2 Å². The third-order valence-electron chi connectivity index (χ3n) is 4.27. The first kappa shape index (κ1) is 16.9. The molecule has 0 bridgehead atoms. The van der Waals surface area contributed by atoms with Gasteiger partial charge in [0.05, 0.1) is 42.6 Å². The molecule has 1 unspecified atom stereocenters. The minimum absolute atomic E-state index is 0.0745. The molecule has 2 heterocycles. The molecule has 0 aliphatic heterocycles. The molecule has 0 radical (unpaired) electrons. The predicted octanol–water partition coefficient (Wildman–Crippen LogP) is 2.03. The number of nitrogens with one attached hydrogen (secondary N) is 1. The molecule has 1 fully saturated rings. The lowest BCUT2D eigenvalue weighted by Crippen LogP contribution is -2.42. The Labute approximate surface area is 144 Å². The fourth-order valence-corrected chi connectivity index (χ4v) is 3.58. The SMILES string of the molecule is COc1cncc(C(NC(=O)Cc2csc(C)n2)C2CC(O)C2)c1. The van der Waals surface area contributed by atoms with Gasteiger partial charge < -0.3 is 15.2 Å². The molecule has 128 valence electrons. The number of thiazole rings is 1. The zero-order chi connectivity index (χ0) is 17.1. The van der Waals surface area contributed by atoms with Gasteiger partial charge >= 0.3 is 0 Å². The van der Waals surface area contributed by atoms with Crippen LogP contribution in [0, 0.1) is 12.8 Å².